The number of carbonyl (C=O) groups is 4. The van der Waals surface area contributed by atoms with Crippen molar-refractivity contribution in [1.29, 1.82) is 0 Å². The lowest BCUT2D eigenvalue weighted by Crippen LogP contribution is -2.32. The van der Waals surface area contributed by atoms with Crippen molar-refractivity contribution in [3.63, 3.8) is 0 Å². The van der Waals surface area contributed by atoms with Crippen molar-refractivity contribution in [2.75, 3.05) is 22.6 Å². The highest BCUT2D eigenvalue weighted by Crippen LogP contribution is 2.39. The van der Waals surface area contributed by atoms with E-state index in [2.05, 4.69) is 83.0 Å². The van der Waals surface area contributed by atoms with Gasteiger partial charge in [0.2, 0.25) is 11.8 Å². The second-order valence-corrected chi connectivity index (χ2v) is 29.7. The Bertz CT molecular complexity index is 3570. The van der Waals surface area contributed by atoms with Crippen LogP contribution in [0.4, 0.5) is 17.1 Å². The predicted molar refractivity (Wildman–Crippen MR) is 400 cm³/mol. The van der Waals surface area contributed by atoms with Crippen LogP contribution in [0.3, 0.4) is 0 Å². The minimum atomic E-state index is -0.596. The van der Waals surface area contributed by atoms with Gasteiger partial charge in [-0.05, 0) is 92.6 Å². The van der Waals surface area contributed by atoms with Crippen LogP contribution in [-0.4, -0.2) is 76.0 Å². The molecule has 0 saturated carbocycles. The van der Waals surface area contributed by atoms with Crippen LogP contribution in [0.25, 0.3) is 34.1 Å². The van der Waals surface area contributed by atoms with E-state index in [1.807, 2.05) is 65.8 Å². The van der Waals surface area contributed by atoms with Crippen molar-refractivity contribution in [3.8, 4) is 28.5 Å². The number of rotatable bonds is 41. The van der Waals surface area contributed by atoms with Gasteiger partial charge >= 0.3 is 5.97 Å². The zero-order valence-corrected chi connectivity index (χ0v) is 62.9. The largest absolute Gasteiger partial charge is 0.481 e. The lowest BCUT2D eigenvalue weighted by Gasteiger charge is -2.19. The first-order chi connectivity index (χ1) is 46.4. The first-order valence-electron chi connectivity index (χ1n) is 36.5. The van der Waals surface area contributed by atoms with Gasteiger partial charge in [0, 0.05) is 41.1 Å². The Labute approximate surface area is 593 Å². The maximum absolute atomic E-state index is 13.4. The molecule has 7 rings (SSSR count). The standard InChI is InChI=1S/C41H60ClN5O2.C36H54Cl2N6O4/c1-8-10-11-12-13-14-15-16-17-18-19-20-21-23-31-24-22-25-33(28-31)49-34(9-2)40(48)43-32-26-29(3)35(30(4)27-32)38-44-39-36(42)37(41(5,6)7)45-47(39)46-38;1-6-7-8-9-10-11-12-13-14-15-16-17-18-19-22-48-30(47)21-20-29(46)40-26-23-27(37)31(28(24-26)39-25(2)45)34-41-35-32(38)33(36(3,4)5)42-44(35)43-34/h22,24-28,34,45H,8-21,23H2,1-7H3,(H,43,48);23-24,42H,6-22H2,1-5H3,(H,39,45)(H,40,46). The number of nitrogens with zero attached hydrogens (tertiary/aromatic N) is 6. The molecule has 534 valence electrons. The fraction of sp³-hybridized carbons (Fsp3) is 0.610. The maximum atomic E-state index is 13.4. The van der Waals surface area contributed by atoms with Crippen LogP contribution in [0.5, 0.6) is 5.75 Å². The molecule has 0 radical (unpaired) electrons. The summed E-state index contributed by atoms with van der Waals surface area (Å²) in [5, 5.41) is 25.5. The summed E-state index contributed by atoms with van der Waals surface area (Å²) < 4.78 is 14.7. The van der Waals surface area contributed by atoms with E-state index in [1.54, 1.807) is 16.8 Å². The molecule has 0 aliphatic rings. The van der Waals surface area contributed by atoms with Gasteiger partial charge in [-0.25, -0.2) is 9.97 Å². The second-order valence-electron chi connectivity index (χ2n) is 28.5. The Morgan fingerprint density at radius 2 is 1.00 bits per heavy atom. The fourth-order valence-corrected chi connectivity index (χ4v) is 13.4. The van der Waals surface area contributed by atoms with Crippen LogP contribution in [-0.2, 0) is 41.2 Å². The molecule has 3 aromatic carbocycles. The molecule has 0 bridgehead atoms. The Morgan fingerprint density at radius 3 is 1.45 bits per heavy atom. The van der Waals surface area contributed by atoms with Gasteiger partial charge in [-0.1, -0.05) is 270 Å². The van der Waals surface area contributed by atoms with Gasteiger partial charge < -0.3 is 25.4 Å². The number of H-pyrrole nitrogens is 2. The summed E-state index contributed by atoms with van der Waals surface area (Å²) in [5.41, 5.74) is 8.20. The SMILES string of the molecule is CCCCCCCCCCCCCCCCOC(=O)CCC(=O)Nc1cc(Cl)c(-c2nc3c(Cl)c(C(C)(C)C)[nH]n3n2)c(NC(C)=O)c1.CCCCCCCCCCCCCCCc1cccc(OC(CC)C(=O)Nc2cc(C)c(-c3nc4c(Cl)c(C(C)(C)C)[nH]n4n3)c(C)c2)c1. The topological polar surface area (TPSA) is 215 Å². The maximum Gasteiger partial charge on any atom is 0.306 e. The molecule has 4 aromatic heterocycles. The summed E-state index contributed by atoms with van der Waals surface area (Å²) in [4.78, 5) is 59.6. The van der Waals surface area contributed by atoms with Crippen LogP contribution < -0.4 is 20.7 Å². The summed E-state index contributed by atoms with van der Waals surface area (Å²) in [6.07, 6.45) is 36.3. The molecule has 7 aromatic rings. The molecule has 0 aliphatic heterocycles. The minimum absolute atomic E-state index is 0.0310. The number of unbranched alkanes of at least 4 members (excludes halogenated alkanes) is 25. The van der Waals surface area contributed by atoms with Gasteiger partial charge in [-0.2, -0.15) is 9.26 Å². The monoisotopic (exact) mass is 1390 g/mol. The van der Waals surface area contributed by atoms with Gasteiger partial charge in [-0.15, -0.1) is 10.2 Å². The number of aryl methyl sites for hydroxylation is 3. The molecule has 0 fully saturated rings. The van der Waals surface area contributed by atoms with Gasteiger partial charge in [0.1, 0.15) is 15.8 Å². The normalized spacial score (nSPS) is 12.1. The fourth-order valence-electron chi connectivity index (χ4n) is 12.2. The van der Waals surface area contributed by atoms with Crippen molar-refractivity contribution in [1.82, 2.24) is 39.6 Å². The zero-order chi connectivity index (χ0) is 70.5. The number of fused-ring (bicyclic) bond motifs is 2. The smallest absolute Gasteiger partial charge is 0.306 e. The number of hydrogen-bond acceptors (Lipinski definition) is 10. The number of nitrogens with one attached hydrogen (secondary N) is 5. The van der Waals surface area contributed by atoms with Gasteiger partial charge in [0.05, 0.1) is 40.7 Å². The Hall–Kier alpha value is -6.43. The number of halogens is 3. The summed E-state index contributed by atoms with van der Waals surface area (Å²) in [6, 6.07) is 15.3. The van der Waals surface area contributed by atoms with Crippen molar-refractivity contribution in [2.24, 2.45) is 0 Å². The van der Waals surface area contributed by atoms with E-state index >= 15 is 0 Å². The quantitative estimate of drug-likeness (QED) is 0.0181. The molecule has 1 atom stereocenters. The van der Waals surface area contributed by atoms with E-state index in [1.165, 1.54) is 171 Å². The molecular weight excluding hydrogens is 1280 g/mol. The lowest BCUT2D eigenvalue weighted by atomic mass is 9.92. The van der Waals surface area contributed by atoms with Gasteiger partial charge in [0.15, 0.2) is 29.0 Å². The van der Waals surface area contributed by atoms with Crippen molar-refractivity contribution in [3.05, 3.63) is 91.7 Å². The molecule has 20 heteroatoms. The molecule has 1 unspecified atom stereocenters. The number of benzene rings is 3. The summed E-state index contributed by atoms with van der Waals surface area (Å²) in [5.74, 6) is 0.303. The van der Waals surface area contributed by atoms with E-state index < -0.39 is 12.1 Å². The van der Waals surface area contributed by atoms with Crippen molar-refractivity contribution < 1.29 is 28.7 Å². The number of esters is 1. The van der Waals surface area contributed by atoms with Crippen LogP contribution >= 0.6 is 34.8 Å². The lowest BCUT2D eigenvalue weighted by molar-refractivity contribution is -0.144. The third kappa shape index (κ3) is 26.0. The van der Waals surface area contributed by atoms with E-state index in [4.69, 9.17) is 54.4 Å². The van der Waals surface area contributed by atoms with Crippen LogP contribution in [0.2, 0.25) is 15.1 Å². The van der Waals surface area contributed by atoms with Gasteiger partial charge in [-0.3, -0.25) is 29.4 Å². The highest BCUT2D eigenvalue weighted by molar-refractivity contribution is 6.35. The highest BCUT2D eigenvalue weighted by Gasteiger charge is 2.28. The van der Waals surface area contributed by atoms with Crippen LogP contribution in [0.15, 0.2) is 48.5 Å². The predicted octanol–water partition coefficient (Wildman–Crippen LogP) is 21.8. The molecule has 3 amide bonds. The Morgan fingerprint density at radius 1 is 0.546 bits per heavy atom. The van der Waals surface area contributed by atoms with E-state index in [9.17, 15) is 19.2 Å². The average Bonchev–Trinajstić information content (AvgIpc) is 1.61. The summed E-state index contributed by atoms with van der Waals surface area (Å²) in [6.45, 7) is 24.6. The average molecular weight is 1400 g/mol. The summed E-state index contributed by atoms with van der Waals surface area (Å²) >= 11 is 19.9. The molecule has 5 N–H and O–H groups in total. The molecule has 0 spiro atoms. The third-order valence-electron chi connectivity index (χ3n) is 17.6. The molecule has 4 heterocycles. The molecule has 0 aliphatic carbocycles. The van der Waals surface area contributed by atoms with Crippen molar-refractivity contribution >= 4 is 86.9 Å². The first kappa shape index (κ1) is 79.6. The molecule has 97 heavy (non-hydrogen) atoms. The Balaban J connectivity index is 0.000000307. The number of hydrogen-bond donors (Lipinski definition) is 5. The number of amides is 3. The molecule has 17 nitrogen and oxygen atoms in total. The number of aromatic amines is 2. The van der Waals surface area contributed by atoms with Gasteiger partial charge in [0.25, 0.3) is 5.91 Å². The third-order valence-corrected chi connectivity index (χ3v) is 18.7. The number of ether oxygens (including phenoxy) is 2. The molecule has 0 saturated heterocycles. The minimum Gasteiger partial charge on any atom is -0.481 e. The summed E-state index contributed by atoms with van der Waals surface area (Å²) in [7, 11) is 0. The number of anilines is 3. The highest BCUT2D eigenvalue weighted by atomic mass is 35.5. The first-order valence-corrected chi connectivity index (χ1v) is 37.6. The van der Waals surface area contributed by atoms with Crippen LogP contribution in [0.1, 0.15) is 290 Å². The van der Waals surface area contributed by atoms with E-state index in [-0.39, 0.29) is 52.2 Å². The number of aromatic nitrogens is 8. The van der Waals surface area contributed by atoms with Crippen LogP contribution in [0, 0.1) is 13.8 Å². The van der Waals surface area contributed by atoms with Crippen molar-refractivity contribution in [2.45, 2.75) is 299 Å². The van der Waals surface area contributed by atoms with E-state index in [0.717, 1.165) is 65.2 Å². The number of carbonyl (C=O) groups excluding carboxylic acids is 4. The molecular formula is C77H114Cl3N11O6. The Kier molecular flexibility index (Phi) is 33.3. The zero-order valence-electron chi connectivity index (χ0n) is 60.6. The second kappa shape index (κ2) is 40.6. The van der Waals surface area contributed by atoms with E-state index in [0.29, 0.717) is 57.1 Å².